The van der Waals surface area contributed by atoms with E-state index in [4.69, 9.17) is 14.8 Å². The summed E-state index contributed by atoms with van der Waals surface area (Å²) in [6.45, 7) is 8.09. The maximum absolute atomic E-state index is 12.6. The van der Waals surface area contributed by atoms with E-state index in [1.807, 2.05) is 32.0 Å². The highest BCUT2D eigenvalue weighted by atomic mass is 31.2. The SMILES string of the molecule is CCOP(=O)(OCC)[C@@H](N)c1c(C)cccc1C. The average molecular weight is 271 g/mol. The van der Waals surface area contributed by atoms with Gasteiger partial charge in [-0.05, 0) is 44.4 Å². The summed E-state index contributed by atoms with van der Waals surface area (Å²) >= 11 is 0. The standard InChI is InChI=1S/C13H22NO3P/c1-5-16-18(15,17-6-2)13(14)12-10(3)8-7-9-11(12)4/h7-9,13H,5-6,14H2,1-4H3/t13-/m1/s1. The van der Waals surface area contributed by atoms with Gasteiger partial charge >= 0.3 is 7.60 Å². The summed E-state index contributed by atoms with van der Waals surface area (Å²) in [4.78, 5) is 0. The second kappa shape index (κ2) is 6.48. The molecule has 0 aliphatic rings. The molecule has 0 saturated carbocycles. The van der Waals surface area contributed by atoms with Gasteiger partial charge in [0.2, 0.25) is 0 Å². The Labute approximate surface area is 109 Å². The van der Waals surface area contributed by atoms with Gasteiger partial charge in [0.15, 0.2) is 0 Å². The van der Waals surface area contributed by atoms with E-state index in [0.29, 0.717) is 13.2 Å². The van der Waals surface area contributed by atoms with Crippen LogP contribution in [0.15, 0.2) is 18.2 Å². The zero-order valence-electron chi connectivity index (χ0n) is 11.5. The smallest absolute Gasteiger partial charge is 0.314 e. The molecule has 102 valence electrons. The van der Waals surface area contributed by atoms with Crippen LogP contribution in [0.4, 0.5) is 0 Å². The van der Waals surface area contributed by atoms with Crippen molar-refractivity contribution >= 4 is 7.60 Å². The first-order valence-corrected chi connectivity index (χ1v) is 7.78. The highest BCUT2D eigenvalue weighted by molar-refractivity contribution is 7.54. The van der Waals surface area contributed by atoms with Gasteiger partial charge in [-0.2, -0.15) is 0 Å². The predicted molar refractivity (Wildman–Crippen MR) is 73.7 cm³/mol. The Hall–Kier alpha value is -0.670. The molecule has 0 radical (unpaired) electrons. The molecule has 0 aliphatic heterocycles. The van der Waals surface area contributed by atoms with Gasteiger partial charge in [-0.25, -0.2) is 0 Å². The van der Waals surface area contributed by atoms with Crippen molar-refractivity contribution in [3.8, 4) is 0 Å². The fourth-order valence-corrected chi connectivity index (χ4v) is 3.85. The van der Waals surface area contributed by atoms with E-state index in [0.717, 1.165) is 16.7 Å². The van der Waals surface area contributed by atoms with Crippen molar-refractivity contribution in [1.82, 2.24) is 0 Å². The van der Waals surface area contributed by atoms with Gasteiger partial charge in [0.05, 0.1) is 13.2 Å². The topological polar surface area (TPSA) is 61.5 Å². The van der Waals surface area contributed by atoms with Crippen molar-refractivity contribution in [2.75, 3.05) is 13.2 Å². The lowest BCUT2D eigenvalue weighted by atomic mass is 10.0. The fourth-order valence-electron chi connectivity index (χ4n) is 2.01. The quantitative estimate of drug-likeness (QED) is 0.804. The lowest BCUT2D eigenvalue weighted by Crippen LogP contribution is -2.17. The summed E-state index contributed by atoms with van der Waals surface area (Å²) in [5, 5.41) is 0. The van der Waals surface area contributed by atoms with Crippen molar-refractivity contribution in [1.29, 1.82) is 0 Å². The first-order valence-electron chi connectivity index (χ1n) is 6.16. The van der Waals surface area contributed by atoms with Gasteiger partial charge in [0.1, 0.15) is 5.78 Å². The molecule has 0 heterocycles. The van der Waals surface area contributed by atoms with Crippen molar-refractivity contribution in [2.45, 2.75) is 33.5 Å². The molecule has 1 aromatic rings. The Kier molecular flexibility index (Phi) is 5.54. The molecular formula is C13H22NO3P. The van der Waals surface area contributed by atoms with Crippen LogP contribution in [0.1, 0.15) is 36.3 Å². The maximum atomic E-state index is 12.6. The molecule has 4 nitrogen and oxygen atoms in total. The van der Waals surface area contributed by atoms with Crippen molar-refractivity contribution < 1.29 is 13.6 Å². The van der Waals surface area contributed by atoms with Crippen molar-refractivity contribution in [3.05, 3.63) is 34.9 Å². The molecule has 0 spiro atoms. The minimum absolute atomic E-state index is 0.315. The third kappa shape index (κ3) is 3.21. The minimum atomic E-state index is -3.31. The molecule has 0 unspecified atom stereocenters. The summed E-state index contributed by atoms with van der Waals surface area (Å²) in [6, 6.07) is 5.85. The zero-order valence-corrected chi connectivity index (χ0v) is 12.4. The van der Waals surface area contributed by atoms with Gasteiger partial charge in [-0.3, -0.25) is 4.57 Å². The van der Waals surface area contributed by atoms with Gasteiger partial charge in [0, 0.05) is 0 Å². The summed E-state index contributed by atoms with van der Waals surface area (Å²) in [7, 11) is -3.31. The van der Waals surface area contributed by atoms with Gasteiger partial charge < -0.3 is 14.8 Å². The Morgan fingerprint density at radius 3 is 2.00 bits per heavy atom. The first-order chi connectivity index (χ1) is 8.46. The van der Waals surface area contributed by atoms with Gasteiger partial charge in [0.25, 0.3) is 0 Å². The number of rotatable bonds is 6. The van der Waals surface area contributed by atoms with Crippen LogP contribution in [-0.2, 0) is 13.6 Å². The molecular weight excluding hydrogens is 249 g/mol. The molecule has 1 aromatic carbocycles. The van der Waals surface area contributed by atoms with Crippen LogP contribution in [-0.4, -0.2) is 13.2 Å². The van der Waals surface area contributed by atoms with E-state index in [1.165, 1.54) is 0 Å². The van der Waals surface area contributed by atoms with E-state index in [1.54, 1.807) is 13.8 Å². The molecule has 0 amide bonds. The van der Waals surface area contributed by atoms with Crippen LogP contribution in [0, 0.1) is 13.8 Å². The number of aryl methyl sites for hydroxylation is 2. The molecule has 18 heavy (non-hydrogen) atoms. The second-order valence-corrected chi connectivity index (χ2v) is 6.28. The van der Waals surface area contributed by atoms with E-state index in [-0.39, 0.29) is 0 Å². The summed E-state index contributed by atoms with van der Waals surface area (Å²) in [5.41, 5.74) is 8.99. The van der Waals surface area contributed by atoms with Crippen LogP contribution in [0.5, 0.6) is 0 Å². The maximum Gasteiger partial charge on any atom is 0.351 e. The third-order valence-corrected chi connectivity index (χ3v) is 4.97. The number of nitrogens with two attached hydrogens (primary N) is 1. The Morgan fingerprint density at radius 2 is 1.61 bits per heavy atom. The molecule has 1 rings (SSSR count). The van der Waals surface area contributed by atoms with Gasteiger partial charge in [-0.15, -0.1) is 0 Å². The first kappa shape index (κ1) is 15.4. The summed E-state index contributed by atoms with van der Waals surface area (Å²) in [5.74, 6) is -0.737. The van der Waals surface area contributed by atoms with Crippen LogP contribution < -0.4 is 5.73 Å². The molecule has 0 aromatic heterocycles. The molecule has 0 bridgehead atoms. The van der Waals surface area contributed by atoms with E-state index in [2.05, 4.69) is 0 Å². The number of hydrogen-bond donors (Lipinski definition) is 1. The van der Waals surface area contributed by atoms with Crippen molar-refractivity contribution in [2.24, 2.45) is 5.73 Å². The predicted octanol–water partition coefficient (Wildman–Crippen LogP) is 3.53. The number of benzene rings is 1. The Morgan fingerprint density at radius 1 is 1.17 bits per heavy atom. The van der Waals surface area contributed by atoms with Crippen LogP contribution >= 0.6 is 7.60 Å². The van der Waals surface area contributed by atoms with E-state index >= 15 is 0 Å². The fraction of sp³-hybridized carbons (Fsp3) is 0.538. The number of hydrogen-bond acceptors (Lipinski definition) is 4. The molecule has 1 atom stereocenters. The second-order valence-electron chi connectivity index (χ2n) is 4.13. The van der Waals surface area contributed by atoms with Crippen LogP contribution in [0.25, 0.3) is 0 Å². The molecule has 0 fully saturated rings. The largest absolute Gasteiger partial charge is 0.351 e. The average Bonchev–Trinajstić information content (AvgIpc) is 2.29. The monoisotopic (exact) mass is 271 g/mol. The lowest BCUT2D eigenvalue weighted by molar-refractivity contribution is 0.212. The highest BCUT2D eigenvalue weighted by Crippen LogP contribution is 2.59. The molecule has 0 aliphatic carbocycles. The van der Waals surface area contributed by atoms with E-state index < -0.39 is 13.4 Å². The van der Waals surface area contributed by atoms with E-state index in [9.17, 15) is 4.57 Å². The molecule has 0 saturated heterocycles. The normalized spacial score (nSPS) is 13.6. The Balaban J connectivity index is 3.17. The highest BCUT2D eigenvalue weighted by Gasteiger charge is 2.35. The molecule has 2 N–H and O–H groups in total. The minimum Gasteiger partial charge on any atom is -0.314 e. The third-order valence-electron chi connectivity index (χ3n) is 2.80. The van der Waals surface area contributed by atoms with Gasteiger partial charge in [-0.1, -0.05) is 18.2 Å². The summed E-state index contributed by atoms with van der Waals surface area (Å²) < 4.78 is 23.3. The van der Waals surface area contributed by atoms with Crippen molar-refractivity contribution in [3.63, 3.8) is 0 Å². The van der Waals surface area contributed by atoms with Crippen LogP contribution in [0.3, 0.4) is 0 Å². The Bertz CT molecular complexity index is 418. The summed E-state index contributed by atoms with van der Waals surface area (Å²) in [6.07, 6.45) is 0. The van der Waals surface area contributed by atoms with Crippen LogP contribution in [0.2, 0.25) is 0 Å². The molecule has 5 heteroatoms. The zero-order chi connectivity index (χ0) is 13.8. The lowest BCUT2D eigenvalue weighted by Gasteiger charge is -2.25.